The second-order valence-electron chi connectivity index (χ2n) is 4.67. The van der Waals surface area contributed by atoms with E-state index in [0.29, 0.717) is 31.7 Å². The monoisotopic (exact) mass is 267 g/mol. The molecule has 1 amide bonds. The van der Waals surface area contributed by atoms with Gasteiger partial charge < -0.3 is 14.6 Å². The highest BCUT2D eigenvalue weighted by atomic mass is 16.6. The normalized spacial score (nSPS) is 19.5. The van der Waals surface area contributed by atoms with E-state index < -0.39 is 11.0 Å². The van der Waals surface area contributed by atoms with Crippen molar-refractivity contribution in [2.24, 2.45) is 0 Å². The van der Waals surface area contributed by atoms with Crippen LogP contribution in [0.25, 0.3) is 0 Å². The van der Waals surface area contributed by atoms with Gasteiger partial charge in [0.15, 0.2) is 0 Å². The van der Waals surface area contributed by atoms with Crippen molar-refractivity contribution in [1.29, 1.82) is 0 Å². The van der Waals surface area contributed by atoms with Crippen molar-refractivity contribution in [3.8, 4) is 0 Å². The Labute approximate surface area is 110 Å². The zero-order valence-corrected chi connectivity index (χ0v) is 10.8. The molecule has 0 aromatic carbocycles. The van der Waals surface area contributed by atoms with Crippen LogP contribution in [0.15, 0.2) is 12.3 Å². The van der Waals surface area contributed by atoms with Crippen LogP contribution in [0.1, 0.15) is 30.3 Å². The van der Waals surface area contributed by atoms with Crippen molar-refractivity contribution in [3.05, 3.63) is 28.1 Å². The minimum atomic E-state index is -0.506. The predicted octanol–water partition coefficient (Wildman–Crippen LogP) is 1.01. The van der Waals surface area contributed by atoms with Crippen LogP contribution in [0.4, 0.5) is 5.69 Å². The summed E-state index contributed by atoms with van der Waals surface area (Å²) in [4.78, 5) is 24.1. The number of hydrogen-bond donors (Lipinski definition) is 1. The molecule has 0 aliphatic carbocycles. The molecule has 1 fully saturated rings. The Balaban J connectivity index is 2.24. The van der Waals surface area contributed by atoms with Crippen molar-refractivity contribution in [3.63, 3.8) is 0 Å². The molecule has 1 saturated heterocycles. The molecule has 1 aliphatic heterocycles. The number of hydrogen-bond acceptors (Lipinski definition) is 4. The summed E-state index contributed by atoms with van der Waals surface area (Å²) in [5, 5.41) is 20.3. The van der Waals surface area contributed by atoms with E-state index in [-0.39, 0.29) is 11.6 Å². The lowest BCUT2D eigenvalue weighted by atomic mass is 10.1. The molecule has 0 radical (unpaired) electrons. The summed E-state index contributed by atoms with van der Waals surface area (Å²) in [6.07, 6.45) is 2.31. The summed E-state index contributed by atoms with van der Waals surface area (Å²) in [6, 6.07) is 1.30. The number of aliphatic hydroxyl groups is 1. The average molecular weight is 267 g/mol. The largest absolute Gasteiger partial charge is 0.391 e. The molecule has 1 unspecified atom stereocenters. The first-order valence-corrected chi connectivity index (χ1v) is 6.34. The number of amides is 1. The molecule has 7 nitrogen and oxygen atoms in total. The number of aryl methyl sites for hydroxylation is 1. The Hall–Kier alpha value is -1.89. The van der Waals surface area contributed by atoms with Crippen LogP contribution < -0.4 is 0 Å². The first kappa shape index (κ1) is 13.5. The molecule has 1 aliphatic rings. The van der Waals surface area contributed by atoms with Crippen LogP contribution >= 0.6 is 0 Å². The fourth-order valence-corrected chi connectivity index (χ4v) is 2.34. The summed E-state index contributed by atoms with van der Waals surface area (Å²) in [6.45, 7) is 3.19. The van der Waals surface area contributed by atoms with E-state index in [1.54, 1.807) is 9.47 Å². The summed E-state index contributed by atoms with van der Waals surface area (Å²) in [7, 11) is 0. The second-order valence-corrected chi connectivity index (χ2v) is 4.67. The molecule has 1 aromatic rings. The van der Waals surface area contributed by atoms with Gasteiger partial charge in [0.1, 0.15) is 5.69 Å². The molecule has 1 N–H and O–H groups in total. The predicted molar refractivity (Wildman–Crippen MR) is 67.9 cm³/mol. The van der Waals surface area contributed by atoms with Crippen LogP contribution in [0.3, 0.4) is 0 Å². The lowest BCUT2D eigenvalue weighted by Gasteiger charge is -2.30. The van der Waals surface area contributed by atoms with Crippen molar-refractivity contribution in [2.75, 3.05) is 13.1 Å². The van der Waals surface area contributed by atoms with Crippen LogP contribution in [0.5, 0.6) is 0 Å². The summed E-state index contributed by atoms with van der Waals surface area (Å²) >= 11 is 0. The van der Waals surface area contributed by atoms with E-state index in [1.807, 2.05) is 6.92 Å². The third kappa shape index (κ3) is 2.76. The Kier molecular flexibility index (Phi) is 3.84. The summed E-state index contributed by atoms with van der Waals surface area (Å²) in [5.74, 6) is -0.256. The Morgan fingerprint density at radius 3 is 2.95 bits per heavy atom. The molecule has 0 spiro atoms. The van der Waals surface area contributed by atoms with Crippen LogP contribution in [0.2, 0.25) is 0 Å². The van der Waals surface area contributed by atoms with Gasteiger partial charge in [0.05, 0.1) is 17.2 Å². The third-order valence-corrected chi connectivity index (χ3v) is 3.34. The quantitative estimate of drug-likeness (QED) is 0.654. The smallest absolute Gasteiger partial charge is 0.287 e. The molecular formula is C12H17N3O4. The SMILES string of the molecule is CCn1cc([N+](=O)[O-])cc1C(=O)N1CCCC(O)C1. The van der Waals surface area contributed by atoms with E-state index in [4.69, 9.17) is 0 Å². The van der Waals surface area contributed by atoms with E-state index >= 15 is 0 Å². The maximum absolute atomic E-state index is 12.3. The Morgan fingerprint density at radius 1 is 1.63 bits per heavy atom. The number of carbonyl (C=O) groups excluding carboxylic acids is 1. The van der Waals surface area contributed by atoms with Crippen molar-refractivity contribution in [1.82, 2.24) is 9.47 Å². The number of nitro groups is 1. The second kappa shape index (κ2) is 5.40. The van der Waals surface area contributed by atoms with Gasteiger partial charge in [-0.2, -0.15) is 0 Å². The molecule has 2 rings (SSSR count). The van der Waals surface area contributed by atoms with E-state index in [1.165, 1.54) is 12.3 Å². The van der Waals surface area contributed by atoms with Gasteiger partial charge in [-0.05, 0) is 19.8 Å². The Bertz CT molecular complexity index is 497. The highest BCUT2D eigenvalue weighted by molar-refractivity contribution is 5.93. The average Bonchev–Trinajstić information content (AvgIpc) is 2.82. The molecule has 1 atom stereocenters. The van der Waals surface area contributed by atoms with Gasteiger partial charge in [0.25, 0.3) is 11.6 Å². The molecule has 19 heavy (non-hydrogen) atoms. The van der Waals surface area contributed by atoms with Crippen molar-refractivity contribution < 1.29 is 14.8 Å². The zero-order chi connectivity index (χ0) is 14.0. The first-order valence-electron chi connectivity index (χ1n) is 6.34. The van der Waals surface area contributed by atoms with Gasteiger partial charge in [-0.15, -0.1) is 0 Å². The molecular weight excluding hydrogens is 250 g/mol. The summed E-state index contributed by atoms with van der Waals surface area (Å²) in [5.41, 5.74) is 0.228. The highest BCUT2D eigenvalue weighted by Crippen LogP contribution is 2.20. The number of nitrogens with zero attached hydrogens (tertiary/aromatic N) is 3. The number of carbonyl (C=O) groups is 1. The number of aliphatic hydroxyl groups excluding tert-OH is 1. The van der Waals surface area contributed by atoms with E-state index in [9.17, 15) is 20.0 Å². The van der Waals surface area contributed by atoms with Gasteiger partial charge in [-0.3, -0.25) is 14.9 Å². The standard InChI is InChI=1S/C12H17N3O4/c1-2-13-7-9(15(18)19)6-11(13)12(17)14-5-3-4-10(16)8-14/h6-7,10,16H,2-5,8H2,1H3. The minimum absolute atomic E-state index is 0.0808. The van der Waals surface area contributed by atoms with Crippen molar-refractivity contribution >= 4 is 11.6 Å². The number of β-amino-alcohol motifs (C(OH)–C–C–N with tert-alkyl or cyclic N) is 1. The van der Waals surface area contributed by atoms with Gasteiger partial charge in [-0.25, -0.2) is 0 Å². The van der Waals surface area contributed by atoms with Gasteiger partial charge in [0, 0.05) is 25.7 Å². The topological polar surface area (TPSA) is 88.6 Å². The lowest BCUT2D eigenvalue weighted by molar-refractivity contribution is -0.384. The van der Waals surface area contributed by atoms with Gasteiger partial charge in [0.2, 0.25) is 0 Å². The highest BCUT2D eigenvalue weighted by Gasteiger charge is 2.27. The molecule has 1 aromatic heterocycles. The first-order chi connectivity index (χ1) is 9.02. The van der Waals surface area contributed by atoms with Crippen LogP contribution in [-0.2, 0) is 6.54 Å². The lowest BCUT2D eigenvalue weighted by Crippen LogP contribution is -2.42. The molecule has 2 heterocycles. The summed E-state index contributed by atoms with van der Waals surface area (Å²) < 4.78 is 1.57. The maximum Gasteiger partial charge on any atom is 0.287 e. The van der Waals surface area contributed by atoms with Crippen molar-refractivity contribution in [2.45, 2.75) is 32.4 Å². The number of piperidine rings is 1. The zero-order valence-electron chi connectivity index (χ0n) is 10.8. The third-order valence-electron chi connectivity index (χ3n) is 3.34. The molecule has 7 heteroatoms. The minimum Gasteiger partial charge on any atom is -0.391 e. The number of rotatable bonds is 3. The molecule has 0 bridgehead atoms. The van der Waals surface area contributed by atoms with E-state index in [0.717, 1.165) is 6.42 Å². The van der Waals surface area contributed by atoms with Crippen LogP contribution in [-0.4, -0.2) is 44.6 Å². The van der Waals surface area contributed by atoms with E-state index in [2.05, 4.69) is 0 Å². The molecule has 0 saturated carbocycles. The molecule has 104 valence electrons. The Morgan fingerprint density at radius 2 is 2.37 bits per heavy atom. The fourth-order valence-electron chi connectivity index (χ4n) is 2.34. The number of aromatic nitrogens is 1. The van der Waals surface area contributed by atoms with Gasteiger partial charge in [-0.1, -0.05) is 0 Å². The number of likely N-dealkylation sites (tertiary alicyclic amines) is 1. The van der Waals surface area contributed by atoms with Gasteiger partial charge >= 0.3 is 0 Å². The van der Waals surface area contributed by atoms with Crippen LogP contribution in [0, 0.1) is 10.1 Å². The fraction of sp³-hybridized carbons (Fsp3) is 0.583. The maximum atomic E-state index is 12.3.